The summed E-state index contributed by atoms with van der Waals surface area (Å²) < 4.78 is 7.39. The Labute approximate surface area is 175 Å². The van der Waals surface area contributed by atoms with Crippen LogP contribution in [0.15, 0.2) is 83.5 Å². The molecule has 4 aromatic rings. The topological polar surface area (TPSA) is 64.4 Å². The van der Waals surface area contributed by atoms with E-state index in [-0.39, 0.29) is 6.04 Å². The molecular weight excluding hydrogens is 376 g/mol. The monoisotopic (exact) mass is 401 g/mol. The molecule has 1 saturated heterocycles. The Morgan fingerprint density at radius 1 is 0.900 bits per heavy atom. The number of piperazine rings is 1. The fourth-order valence-electron chi connectivity index (χ4n) is 4.27. The summed E-state index contributed by atoms with van der Waals surface area (Å²) in [6.07, 6.45) is 1.68. The van der Waals surface area contributed by atoms with E-state index in [1.54, 1.807) is 6.26 Å². The number of quaternary nitrogens is 1. The van der Waals surface area contributed by atoms with Crippen LogP contribution in [0.1, 0.15) is 23.2 Å². The Hall–Kier alpha value is -3.45. The lowest BCUT2D eigenvalue weighted by Gasteiger charge is -2.37. The molecule has 0 radical (unpaired) electrons. The Balaban J connectivity index is 1.41. The summed E-state index contributed by atoms with van der Waals surface area (Å²) in [5, 5.41) is 12.7. The maximum atomic E-state index is 5.53. The fraction of sp³-hybridized carbons (Fsp3) is 0.261. The number of hydrogen-bond acceptors (Lipinski definition) is 5. The standard InChI is InChI=1S/C23H24N6O/c1-3-8-19(9-4-1)22(23-24-25-26-29(23)18-21-12-7-17-30-21)28-15-13-27(14-16-28)20-10-5-2-6-11-20/h1-12,17,22H,13-16,18H2/p+1/t22-/m1/s1. The van der Waals surface area contributed by atoms with Crippen LogP contribution in [-0.4, -0.2) is 46.4 Å². The second-order valence-electron chi connectivity index (χ2n) is 7.60. The summed E-state index contributed by atoms with van der Waals surface area (Å²) in [6, 6.07) is 25.1. The molecule has 0 saturated carbocycles. The Morgan fingerprint density at radius 2 is 1.63 bits per heavy atom. The average Bonchev–Trinajstić information content (AvgIpc) is 3.49. The van der Waals surface area contributed by atoms with E-state index in [1.165, 1.54) is 16.2 Å². The van der Waals surface area contributed by atoms with Gasteiger partial charge in [-0.3, -0.25) is 0 Å². The van der Waals surface area contributed by atoms with Crippen molar-refractivity contribution >= 4 is 5.69 Å². The summed E-state index contributed by atoms with van der Waals surface area (Å²) in [4.78, 5) is 3.93. The quantitative estimate of drug-likeness (QED) is 0.534. The predicted molar refractivity (Wildman–Crippen MR) is 113 cm³/mol. The zero-order valence-electron chi connectivity index (χ0n) is 16.8. The van der Waals surface area contributed by atoms with Gasteiger partial charge in [-0.1, -0.05) is 48.5 Å². The van der Waals surface area contributed by atoms with Gasteiger partial charge in [0.1, 0.15) is 12.3 Å². The largest absolute Gasteiger partial charge is 0.467 e. The molecule has 1 N–H and O–H groups in total. The van der Waals surface area contributed by atoms with E-state index < -0.39 is 0 Å². The molecule has 1 atom stereocenters. The van der Waals surface area contributed by atoms with Crippen LogP contribution < -0.4 is 9.80 Å². The summed E-state index contributed by atoms with van der Waals surface area (Å²) in [5.74, 6) is 1.72. The van der Waals surface area contributed by atoms with Crippen LogP contribution in [0.4, 0.5) is 5.69 Å². The summed E-state index contributed by atoms with van der Waals surface area (Å²) >= 11 is 0. The van der Waals surface area contributed by atoms with Gasteiger partial charge in [-0.2, -0.15) is 0 Å². The van der Waals surface area contributed by atoms with Gasteiger partial charge in [-0.15, -0.1) is 5.10 Å². The number of hydrogen-bond donors (Lipinski definition) is 1. The number of furan rings is 1. The second kappa shape index (κ2) is 8.51. The van der Waals surface area contributed by atoms with E-state index in [4.69, 9.17) is 4.42 Å². The minimum Gasteiger partial charge on any atom is -0.467 e. The molecule has 2 aromatic heterocycles. The van der Waals surface area contributed by atoms with Crippen molar-refractivity contribution in [2.24, 2.45) is 0 Å². The van der Waals surface area contributed by atoms with Gasteiger partial charge in [0.05, 0.1) is 32.4 Å². The highest BCUT2D eigenvalue weighted by molar-refractivity contribution is 5.46. The first-order valence-corrected chi connectivity index (χ1v) is 10.4. The number of para-hydroxylation sites is 1. The van der Waals surface area contributed by atoms with Crippen molar-refractivity contribution in [2.75, 3.05) is 31.1 Å². The van der Waals surface area contributed by atoms with Gasteiger partial charge in [0.25, 0.3) is 0 Å². The van der Waals surface area contributed by atoms with Crippen LogP contribution in [0.2, 0.25) is 0 Å². The first-order valence-electron chi connectivity index (χ1n) is 10.4. The van der Waals surface area contributed by atoms with Crippen LogP contribution >= 0.6 is 0 Å². The first kappa shape index (κ1) is 18.6. The van der Waals surface area contributed by atoms with Gasteiger partial charge in [0, 0.05) is 11.3 Å². The third-order valence-electron chi connectivity index (χ3n) is 5.77. The fourth-order valence-corrected chi connectivity index (χ4v) is 4.27. The maximum Gasteiger partial charge on any atom is 0.214 e. The number of nitrogens with zero attached hydrogens (tertiary/aromatic N) is 5. The molecular formula is C23H25N6O+. The van der Waals surface area contributed by atoms with Crippen molar-refractivity contribution in [3.8, 4) is 0 Å². The molecule has 152 valence electrons. The zero-order valence-corrected chi connectivity index (χ0v) is 16.8. The number of rotatable bonds is 6. The average molecular weight is 401 g/mol. The van der Waals surface area contributed by atoms with Crippen molar-refractivity contribution in [1.82, 2.24) is 20.2 Å². The molecule has 7 nitrogen and oxygen atoms in total. The van der Waals surface area contributed by atoms with Crippen molar-refractivity contribution < 1.29 is 9.32 Å². The molecule has 7 heteroatoms. The molecule has 5 rings (SSSR count). The smallest absolute Gasteiger partial charge is 0.214 e. The second-order valence-corrected chi connectivity index (χ2v) is 7.60. The molecule has 0 aliphatic carbocycles. The van der Waals surface area contributed by atoms with Gasteiger partial charge in [0.2, 0.25) is 5.82 Å². The Bertz CT molecular complexity index is 1040. The number of benzene rings is 2. The molecule has 0 spiro atoms. The summed E-state index contributed by atoms with van der Waals surface area (Å²) in [5.41, 5.74) is 2.52. The van der Waals surface area contributed by atoms with Crippen molar-refractivity contribution in [1.29, 1.82) is 0 Å². The van der Waals surface area contributed by atoms with Gasteiger partial charge in [0.15, 0.2) is 6.04 Å². The van der Waals surface area contributed by atoms with E-state index in [0.717, 1.165) is 37.8 Å². The normalized spacial score (nSPS) is 15.9. The molecule has 0 bridgehead atoms. The van der Waals surface area contributed by atoms with E-state index >= 15 is 0 Å². The number of aromatic nitrogens is 4. The van der Waals surface area contributed by atoms with Gasteiger partial charge in [-0.05, 0) is 34.7 Å². The lowest BCUT2D eigenvalue weighted by Crippen LogP contribution is -3.15. The highest BCUT2D eigenvalue weighted by Gasteiger charge is 2.34. The molecule has 3 heterocycles. The van der Waals surface area contributed by atoms with Crippen LogP contribution in [0.5, 0.6) is 0 Å². The number of anilines is 1. The van der Waals surface area contributed by atoms with Crippen LogP contribution in [0.25, 0.3) is 0 Å². The molecule has 1 aliphatic rings. The third-order valence-corrected chi connectivity index (χ3v) is 5.77. The molecule has 0 unspecified atom stereocenters. The lowest BCUT2D eigenvalue weighted by molar-refractivity contribution is -0.927. The van der Waals surface area contributed by atoms with Crippen LogP contribution in [0, 0.1) is 0 Å². The highest BCUT2D eigenvalue weighted by Crippen LogP contribution is 2.19. The minimum atomic E-state index is 0.0779. The minimum absolute atomic E-state index is 0.0779. The zero-order chi connectivity index (χ0) is 20.2. The maximum absolute atomic E-state index is 5.53. The summed E-state index contributed by atoms with van der Waals surface area (Å²) in [6.45, 7) is 4.57. The lowest BCUT2D eigenvalue weighted by atomic mass is 10.0. The molecule has 30 heavy (non-hydrogen) atoms. The molecule has 0 amide bonds. The van der Waals surface area contributed by atoms with Crippen molar-refractivity contribution in [3.63, 3.8) is 0 Å². The van der Waals surface area contributed by atoms with Gasteiger partial charge >= 0.3 is 0 Å². The number of nitrogens with one attached hydrogen (secondary N) is 1. The van der Waals surface area contributed by atoms with Crippen molar-refractivity contribution in [3.05, 3.63) is 96.2 Å². The van der Waals surface area contributed by atoms with Crippen LogP contribution in [0.3, 0.4) is 0 Å². The van der Waals surface area contributed by atoms with Gasteiger partial charge < -0.3 is 14.2 Å². The van der Waals surface area contributed by atoms with E-state index in [0.29, 0.717) is 6.54 Å². The van der Waals surface area contributed by atoms with Crippen molar-refractivity contribution in [2.45, 2.75) is 12.6 Å². The van der Waals surface area contributed by atoms with E-state index in [9.17, 15) is 0 Å². The highest BCUT2D eigenvalue weighted by atomic mass is 16.3. The van der Waals surface area contributed by atoms with Gasteiger partial charge in [-0.25, -0.2) is 4.68 Å². The predicted octanol–water partition coefficient (Wildman–Crippen LogP) is 1.81. The molecule has 1 aliphatic heterocycles. The number of tetrazole rings is 1. The first-order chi connectivity index (χ1) is 14.9. The third kappa shape index (κ3) is 3.84. The Kier molecular flexibility index (Phi) is 5.26. The molecule has 1 fully saturated rings. The van der Waals surface area contributed by atoms with E-state index in [2.05, 4.69) is 81.1 Å². The van der Waals surface area contributed by atoms with E-state index in [1.807, 2.05) is 16.8 Å². The Morgan fingerprint density at radius 3 is 2.33 bits per heavy atom. The molecule has 2 aromatic carbocycles. The SMILES string of the molecule is c1ccc([C@H](c2nnnn2Cc2ccco2)[NH+]2CCN(c3ccccc3)CC2)cc1. The summed E-state index contributed by atoms with van der Waals surface area (Å²) in [7, 11) is 0. The van der Waals surface area contributed by atoms with Crippen LogP contribution in [-0.2, 0) is 6.54 Å².